The summed E-state index contributed by atoms with van der Waals surface area (Å²) in [4.78, 5) is 75.6. The number of hydrogen-bond donors (Lipinski definition) is 4. The molecule has 244 valence electrons. The first-order valence-electron chi connectivity index (χ1n) is 15.2. The Balaban J connectivity index is 2.11. The van der Waals surface area contributed by atoms with Crippen LogP contribution in [0.1, 0.15) is 90.1 Å². The van der Waals surface area contributed by atoms with Gasteiger partial charge in [-0.3, -0.25) is 14.4 Å². The molecule has 0 aliphatic carbocycles. The van der Waals surface area contributed by atoms with Gasteiger partial charge in [-0.15, -0.1) is 0 Å². The molecule has 0 saturated carbocycles. The molecule has 2 atom stereocenters. The fraction of sp³-hybridized carbons (Fsp3) is 0.548. The first-order valence-corrected chi connectivity index (χ1v) is 16.5. The van der Waals surface area contributed by atoms with Crippen molar-refractivity contribution >= 4 is 37.9 Å². The number of ether oxygens (including phenoxy) is 1. The van der Waals surface area contributed by atoms with Crippen LogP contribution in [-0.4, -0.2) is 58.4 Å². The van der Waals surface area contributed by atoms with Crippen LogP contribution < -0.4 is 20.7 Å². The zero-order valence-corrected chi connectivity index (χ0v) is 27.1. The summed E-state index contributed by atoms with van der Waals surface area (Å²) >= 11 is 0. The number of carbonyl (C=O) groups excluding carboxylic acids is 4. The lowest BCUT2D eigenvalue weighted by Crippen LogP contribution is -2.49. The number of hydrogen-bond acceptors (Lipinski definition) is 9. The van der Waals surface area contributed by atoms with Gasteiger partial charge in [0.25, 0.3) is 5.91 Å². The van der Waals surface area contributed by atoms with E-state index in [2.05, 4.69) is 10.6 Å². The van der Waals surface area contributed by atoms with Crippen LogP contribution in [0.15, 0.2) is 34.7 Å². The number of furan rings is 1. The van der Waals surface area contributed by atoms with E-state index in [9.17, 15) is 29.0 Å². The van der Waals surface area contributed by atoms with Gasteiger partial charge in [0.05, 0.1) is 31.2 Å². The number of carbonyl (C=O) groups is 4. The lowest BCUT2D eigenvalue weighted by molar-refractivity contribution is -0.208. The Labute approximate surface area is 260 Å². The molecule has 2 aromatic rings. The summed E-state index contributed by atoms with van der Waals surface area (Å²) in [5, 5.41) is 6.55. The molecule has 44 heavy (non-hydrogen) atoms. The summed E-state index contributed by atoms with van der Waals surface area (Å²) in [6, 6.07) is 7.11. The van der Waals surface area contributed by atoms with Crippen molar-refractivity contribution in [3.63, 3.8) is 0 Å². The highest BCUT2D eigenvalue weighted by Gasteiger charge is 2.34. The van der Waals surface area contributed by atoms with Crippen molar-refractivity contribution in [1.82, 2.24) is 15.7 Å². The smallest absolute Gasteiger partial charge is 0.335 e. The maximum Gasteiger partial charge on any atom is 0.335 e. The molecule has 0 radical (unpaired) electrons. The highest BCUT2D eigenvalue weighted by atomic mass is 31.2. The summed E-state index contributed by atoms with van der Waals surface area (Å²) in [5.41, 5.74) is 0.499. The molecule has 1 aromatic carbocycles. The van der Waals surface area contributed by atoms with Crippen LogP contribution >= 0.6 is 8.38 Å². The fourth-order valence-electron chi connectivity index (χ4n) is 4.86. The summed E-state index contributed by atoms with van der Waals surface area (Å²) in [5.74, 6) is -1.76. The zero-order valence-electron chi connectivity index (χ0n) is 26.2. The van der Waals surface area contributed by atoms with Crippen LogP contribution in [0.25, 0.3) is 11.3 Å². The average molecular weight is 636 g/mol. The average Bonchev–Trinajstić information content (AvgIpc) is 3.51. The van der Waals surface area contributed by atoms with E-state index < -0.39 is 32.2 Å². The lowest BCUT2D eigenvalue weighted by atomic mass is 9.90. The van der Waals surface area contributed by atoms with E-state index in [-0.39, 0.29) is 29.6 Å². The largest absolute Gasteiger partial charge is 0.494 e. The number of amides is 3. The molecule has 0 aliphatic heterocycles. The molecule has 1 heterocycles. The number of nitrogens with zero attached hydrogens (tertiary/aromatic N) is 1. The van der Waals surface area contributed by atoms with Gasteiger partial charge < -0.3 is 34.4 Å². The van der Waals surface area contributed by atoms with Crippen molar-refractivity contribution < 1.29 is 43.0 Å². The predicted octanol–water partition coefficient (Wildman–Crippen LogP) is 4.40. The minimum Gasteiger partial charge on any atom is -0.494 e. The van der Waals surface area contributed by atoms with E-state index in [0.717, 1.165) is 24.3 Å². The van der Waals surface area contributed by atoms with Crippen molar-refractivity contribution in [1.29, 1.82) is 0 Å². The molecule has 2 rings (SSSR count). The van der Waals surface area contributed by atoms with E-state index >= 15 is 0 Å². The summed E-state index contributed by atoms with van der Waals surface area (Å²) in [6.07, 6.45) is 4.99. The summed E-state index contributed by atoms with van der Waals surface area (Å²) in [7, 11) is -2.37. The molecular formula is C31H46N3O9P. The molecule has 0 spiro atoms. The van der Waals surface area contributed by atoms with Crippen LogP contribution in [-0.2, 0) is 19.2 Å². The molecule has 3 amide bonds. The second kappa shape index (κ2) is 19.0. The van der Waals surface area contributed by atoms with Gasteiger partial charge in [-0.05, 0) is 62.9 Å². The first-order chi connectivity index (χ1) is 21.1. The fourth-order valence-corrected chi connectivity index (χ4v) is 5.36. The zero-order chi connectivity index (χ0) is 32.6. The third kappa shape index (κ3) is 10.6. The van der Waals surface area contributed by atoms with Gasteiger partial charge in [0.2, 0.25) is 12.3 Å². The standard InChI is InChI=1S/C31H46N3O9P/c1-6-11-12-13-25(26(9-4)34(20-35)43-31(38)21(7-2)8-3)29(36)32-19-33-30(37)28-15-14-27(42-28)22-16-23(41-10-5)18-24(17-22)44(39)40/h14-18,20-21,25-26,39-40H,6-13,19H2,1-5H3,(H,32,36)(H,33,37). The molecule has 1 aromatic heterocycles. The van der Waals surface area contributed by atoms with E-state index in [1.54, 1.807) is 25.1 Å². The molecular weight excluding hydrogens is 589 g/mol. The Morgan fingerprint density at radius 2 is 1.73 bits per heavy atom. The minimum absolute atomic E-state index is 0.0146. The van der Waals surface area contributed by atoms with Crippen molar-refractivity contribution in [2.45, 2.75) is 85.6 Å². The van der Waals surface area contributed by atoms with Crippen molar-refractivity contribution in [2.24, 2.45) is 11.8 Å². The lowest BCUT2D eigenvalue weighted by Gasteiger charge is -2.32. The summed E-state index contributed by atoms with van der Waals surface area (Å²) in [6.45, 7) is 9.58. The Morgan fingerprint density at radius 3 is 2.32 bits per heavy atom. The normalized spacial score (nSPS) is 12.5. The molecule has 4 N–H and O–H groups in total. The third-order valence-electron chi connectivity index (χ3n) is 7.34. The van der Waals surface area contributed by atoms with Gasteiger partial charge in [0.1, 0.15) is 11.5 Å². The second-order valence-corrected chi connectivity index (χ2v) is 11.4. The number of rotatable bonds is 20. The van der Waals surface area contributed by atoms with Gasteiger partial charge in [-0.25, -0.2) is 4.79 Å². The van der Waals surface area contributed by atoms with Gasteiger partial charge >= 0.3 is 5.97 Å². The number of unbranched alkanes of at least 4 members (excludes halogenated alkanes) is 2. The highest BCUT2D eigenvalue weighted by molar-refractivity contribution is 7.54. The Hall–Kier alpha value is -3.47. The van der Waals surface area contributed by atoms with Gasteiger partial charge in [0.15, 0.2) is 14.1 Å². The summed E-state index contributed by atoms with van der Waals surface area (Å²) < 4.78 is 11.2. The third-order valence-corrected chi connectivity index (χ3v) is 8.06. The van der Waals surface area contributed by atoms with Crippen molar-refractivity contribution in [3.05, 3.63) is 36.1 Å². The second-order valence-electron chi connectivity index (χ2n) is 10.3. The van der Waals surface area contributed by atoms with Crippen molar-refractivity contribution in [3.8, 4) is 17.1 Å². The Morgan fingerprint density at radius 1 is 1.00 bits per heavy atom. The maximum atomic E-state index is 13.3. The molecule has 2 unspecified atom stereocenters. The van der Waals surface area contributed by atoms with E-state index in [0.29, 0.717) is 55.8 Å². The molecule has 12 nitrogen and oxygen atoms in total. The number of hydroxylamine groups is 2. The van der Waals surface area contributed by atoms with E-state index in [1.165, 1.54) is 12.1 Å². The number of benzene rings is 1. The van der Waals surface area contributed by atoms with Crippen LogP contribution in [0, 0.1) is 11.8 Å². The van der Waals surface area contributed by atoms with Crippen LogP contribution in [0.5, 0.6) is 5.75 Å². The molecule has 0 saturated heterocycles. The Kier molecular flexibility index (Phi) is 15.9. The predicted molar refractivity (Wildman–Crippen MR) is 167 cm³/mol. The van der Waals surface area contributed by atoms with Crippen LogP contribution in [0.2, 0.25) is 0 Å². The monoisotopic (exact) mass is 635 g/mol. The van der Waals surface area contributed by atoms with Crippen LogP contribution in [0.4, 0.5) is 0 Å². The van der Waals surface area contributed by atoms with E-state index in [1.807, 2.05) is 27.7 Å². The topological polar surface area (TPSA) is 168 Å². The van der Waals surface area contributed by atoms with Gasteiger partial charge in [-0.2, -0.15) is 5.06 Å². The van der Waals surface area contributed by atoms with E-state index in [4.69, 9.17) is 14.0 Å². The molecule has 0 aliphatic rings. The SMILES string of the molecule is CCCCCC(C(=O)NCNC(=O)c1ccc(-c2cc(OCC)cc(P(O)O)c2)o1)C(CC)N(C=O)OC(=O)C(CC)CC. The Bertz CT molecular complexity index is 1220. The molecule has 13 heteroatoms. The van der Waals surface area contributed by atoms with Crippen molar-refractivity contribution in [2.75, 3.05) is 13.3 Å². The first kappa shape index (κ1) is 36.7. The maximum absolute atomic E-state index is 13.3. The van der Waals surface area contributed by atoms with Gasteiger partial charge in [0, 0.05) is 10.9 Å². The molecule has 0 fully saturated rings. The number of nitrogens with one attached hydrogen (secondary N) is 2. The van der Waals surface area contributed by atoms with Crippen LogP contribution in [0.3, 0.4) is 0 Å². The quantitative estimate of drug-likeness (QED) is 0.0542. The molecule has 0 bridgehead atoms. The van der Waals surface area contributed by atoms with Gasteiger partial charge in [-0.1, -0.05) is 47.0 Å². The highest BCUT2D eigenvalue weighted by Crippen LogP contribution is 2.31. The minimum atomic E-state index is -2.37.